The maximum Gasteiger partial charge on any atom is 0.260 e. The molecule has 1 aromatic carbocycles. The van der Waals surface area contributed by atoms with Crippen molar-refractivity contribution in [1.82, 2.24) is 9.97 Å². The third-order valence-corrected chi connectivity index (χ3v) is 5.28. The Bertz CT molecular complexity index is 936. The summed E-state index contributed by atoms with van der Waals surface area (Å²) in [5.41, 5.74) is 1.31. The molecule has 2 aromatic heterocycles. The highest BCUT2D eigenvalue weighted by molar-refractivity contribution is 7.99. The molecule has 3 aromatic rings. The third-order valence-electron chi connectivity index (χ3n) is 3.19. The van der Waals surface area contributed by atoms with Gasteiger partial charge in [0.15, 0.2) is 5.16 Å². The molecule has 8 heteroatoms. The summed E-state index contributed by atoms with van der Waals surface area (Å²) in [4.78, 5) is 31.6. The van der Waals surface area contributed by atoms with Gasteiger partial charge in [0.05, 0.1) is 11.1 Å². The predicted octanol–water partition coefficient (Wildman–Crippen LogP) is 3.68. The van der Waals surface area contributed by atoms with Crippen LogP contribution in [0.15, 0.2) is 39.6 Å². The van der Waals surface area contributed by atoms with E-state index in [2.05, 4.69) is 15.3 Å². The highest BCUT2D eigenvalue weighted by atomic mass is 35.5. The molecule has 23 heavy (non-hydrogen) atoms. The number of nitrogens with one attached hydrogen (secondary N) is 2. The number of anilines is 1. The van der Waals surface area contributed by atoms with E-state index >= 15 is 0 Å². The fraction of sp³-hybridized carbons (Fsp3) is 0.133. The Morgan fingerprint density at radius 1 is 1.43 bits per heavy atom. The number of hydrogen-bond acceptors (Lipinski definition) is 5. The summed E-state index contributed by atoms with van der Waals surface area (Å²) in [7, 11) is 0. The average molecular weight is 366 g/mol. The summed E-state index contributed by atoms with van der Waals surface area (Å²) in [6, 6.07) is 7.07. The van der Waals surface area contributed by atoms with E-state index in [4.69, 9.17) is 11.6 Å². The molecule has 0 aliphatic heterocycles. The summed E-state index contributed by atoms with van der Waals surface area (Å²) in [6.45, 7) is 1.84. The van der Waals surface area contributed by atoms with Gasteiger partial charge in [0.2, 0.25) is 5.91 Å². The van der Waals surface area contributed by atoms with Gasteiger partial charge < -0.3 is 10.3 Å². The fourth-order valence-electron chi connectivity index (χ4n) is 1.98. The second-order valence-electron chi connectivity index (χ2n) is 4.76. The summed E-state index contributed by atoms with van der Waals surface area (Å²) >= 11 is 8.61. The number of rotatable bonds is 4. The second kappa shape index (κ2) is 6.74. The van der Waals surface area contributed by atoms with Crippen LogP contribution in [-0.4, -0.2) is 21.6 Å². The number of H-pyrrole nitrogens is 1. The quantitative estimate of drug-likeness (QED) is 0.546. The Morgan fingerprint density at radius 3 is 3.09 bits per heavy atom. The van der Waals surface area contributed by atoms with Crippen molar-refractivity contribution in [3.63, 3.8) is 0 Å². The highest BCUT2D eigenvalue weighted by Crippen LogP contribution is 2.23. The molecule has 0 atom stereocenters. The van der Waals surface area contributed by atoms with Crippen molar-refractivity contribution in [2.24, 2.45) is 0 Å². The first-order chi connectivity index (χ1) is 11.0. The summed E-state index contributed by atoms with van der Waals surface area (Å²) in [5, 5.41) is 6.22. The van der Waals surface area contributed by atoms with Crippen LogP contribution in [0.4, 0.5) is 5.69 Å². The predicted molar refractivity (Wildman–Crippen MR) is 95.8 cm³/mol. The van der Waals surface area contributed by atoms with Gasteiger partial charge in [0, 0.05) is 10.7 Å². The Morgan fingerprint density at radius 2 is 2.26 bits per heavy atom. The van der Waals surface area contributed by atoms with Crippen molar-refractivity contribution in [3.8, 4) is 0 Å². The first-order valence-electron chi connectivity index (χ1n) is 6.70. The third kappa shape index (κ3) is 3.57. The van der Waals surface area contributed by atoms with E-state index in [1.165, 1.54) is 23.1 Å². The van der Waals surface area contributed by atoms with Crippen LogP contribution in [0.25, 0.3) is 10.2 Å². The molecule has 0 unspecified atom stereocenters. The normalized spacial score (nSPS) is 10.9. The number of aromatic amines is 1. The molecular formula is C15H12ClN3O2S2. The first kappa shape index (κ1) is 16.0. The Kier molecular flexibility index (Phi) is 4.70. The van der Waals surface area contributed by atoms with E-state index in [-0.39, 0.29) is 17.2 Å². The van der Waals surface area contributed by atoms with Crippen molar-refractivity contribution in [1.29, 1.82) is 0 Å². The second-order valence-corrected chi connectivity index (χ2v) is 7.03. The number of aromatic nitrogens is 2. The lowest BCUT2D eigenvalue weighted by atomic mass is 10.2. The number of hydrogen-bond donors (Lipinski definition) is 2. The van der Waals surface area contributed by atoms with Crippen molar-refractivity contribution >= 4 is 56.5 Å². The minimum Gasteiger partial charge on any atom is -0.325 e. The van der Waals surface area contributed by atoms with Crippen LogP contribution in [0.3, 0.4) is 0 Å². The van der Waals surface area contributed by atoms with Crippen molar-refractivity contribution in [2.75, 3.05) is 11.1 Å². The SMILES string of the molecule is Cc1c(Cl)cccc1NC(=O)CSc1nc2sccc2c(=O)[nH]1. The van der Waals surface area contributed by atoms with E-state index in [0.29, 0.717) is 26.1 Å². The molecule has 5 nitrogen and oxygen atoms in total. The number of carbonyl (C=O) groups is 1. The lowest BCUT2D eigenvalue weighted by Gasteiger charge is -2.09. The molecule has 0 aliphatic rings. The van der Waals surface area contributed by atoms with Crippen LogP contribution in [0.2, 0.25) is 5.02 Å². The lowest BCUT2D eigenvalue weighted by molar-refractivity contribution is -0.113. The van der Waals surface area contributed by atoms with Gasteiger partial charge in [-0.25, -0.2) is 4.98 Å². The topological polar surface area (TPSA) is 74.8 Å². The number of amides is 1. The highest BCUT2D eigenvalue weighted by Gasteiger charge is 2.10. The van der Waals surface area contributed by atoms with Gasteiger partial charge in [0.25, 0.3) is 5.56 Å². The number of halogens is 1. The summed E-state index contributed by atoms with van der Waals surface area (Å²) in [5.74, 6) is -0.0412. The van der Waals surface area contributed by atoms with Crippen LogP contribution < -0.4 is 10.9 Å². The van der Waals surface area contributed by atoms with E-state index in [9.17, 15) is 9.59 Å². The fourth-order valence-corrected chi connectivity index (χ4v) is 3.63. The molecule has 0 spiro atoms. The maximum atomic E-state index is 12.1. The summed E-state index contributed by atoms with van der Waals surface area (Å²) in [6.07, 6.45) is 0. The Hall–Kier alpha value is -1.83. The molecule has 118 valence electrons. The van der Waals surface area contributed by atoms with Crippen molar-refractivity contribution in [3.05, 3.63) is 50.6 Å². The number of thioether (sulfide) groups is 1. The molecule has 1 amide bonds. The number of nitrogens with zero attached hydrogens (tertiary/aromatic N) is 1. The van der Waals surface area contributed by atoms with Gasteiger partial charge in [-0.3, -0.25) is 9.59 Å². The Labute approximate surface area is 145 Å². The monoisotopic (exact) mass is 365 g/mol. The first-order valence-corrected chi connectivity index (χ1v) is 8.94. The molecule has 0 aliphatic carbocycles. The molecule has 0 saturated heterocycles. The molecule has 0 bridgehead atoms. The minimum absolute atomic E-state index is 0.145. The van der Waals surface area contributed by atoms with Gasteiger partial charge in [-0.1, -0.05) is 29.4 Å². The van der Waals surface area contributed by atoms with Crippen molar-refractivity contribution < 1.29 is 4.79 Å². The van der Waals surface area contributed by atoms with E-state index in [1.54, 1.807) is 24.3 Å². The van der Waals surface area contributed by atoms with Gasteiger partial charge >= 0.3 is 0 Å². The van der Waals surface area contributed by atoms with Crippen LogP contribution in [0, 0.1) is 6.92 Å². The maximum absolute atomic E-state index is 12.1. The van der Waals surface area contributed by atoms with Gasteiger partial charge in [0.1, 0.15) is 4.83 Å². The number of fused-ring (bicyclic) bond motifs is 1. The smallest absolute Gasteiger partial charge is 0.260 e. The van der Waals surface area contributed by atoms with E-state index in [1.807, 2.05) is 12.3 Å². The van der Waals surface area contributed by atoms with Crippen LogP contribution in [0.1, 0.15) is 5.56 Å². The standard InChI is InChI=1S/C15H12ClN3O2S2/c1-8-10(16)3-2-4-11(8)17-12(20)7-23-15-18-13(21)9-5-6-22-14(9)19-15/h2-6H,7H2,1H3,(H,17,20)(H,18,19,21). The molecule has 0 radical (unpaired) electrons. The van der Waals surface area contributed by atoms with Gasteiger partial charge in [-0.15, -0.1) is 11.3 Å². The molecule has 0 saturated carbocycles. The zero-order valence-corrected chi connectivity index (χ0v) is 14.4. The van der Waals surface area contributed by atoms with Gasteiger partial charge in [-0.05, 0) is 36.1 Å². The van der Waals surface area contributed by atoms with Crippen molar-refractivity contribution in [2.45, 2.75) is 12.1 Å². The molecule has 2 N–H and O–H groups in total. The molecule has 3 rings (SSSR count). The number of thiophene rings is 1. The van der Waals surface area contributed by atoms with E-state index in [0.717, 1.165) is 5.56 Å². The lowest BCUT2D eigenvalue weighted by Crippen LogP contribution is -2.16. The average Bonchev–Trinajstić information content (AvgIpc) is 2.99. The van der Waals surface area contributed by atoms with E-state index < -0.39 is 0 Å². The molecular weight excluding hydrogens is 354 g/mol. The number of benzene rings is 1. The number of carbonyl (C=O) groups excluding carboxylic acids is 1. The zero-order chi connectivity index (χ0) is 16.4. The van der Waals surface area contributed by atoms with Gasteiger partial charge in [-0.2, -0.15) is 0 Å². The molecule has 0 fully saturated rings. The Balaban J connectivity index is 1.68. The summed E-state index contributed by atoms with van der Waals surface area (Å²) < 4.78 is 0. The van der Waals surface area contributed by atoms with Crippen LogP contribution in [0.5, 0.6) is 0 Å². The van der Waals surface area contributed by atoms with Crippen LogP contribution >= 0.6 is 34.7 Å². The largest absolute Gasteiger partial charge is 0.325 e. The zero-order valence-electron chi connectivity index (χ0n) is 12.1. The van der Waals surface area contributed by atoms with Crippen LogP contribution in [-0.2, 0) is 4.79 Å². The minimum atomic E-state index is -0.190. The molecule has 2 heterocycles.